The molecule has 1 heterocycles. The third-order valence-electron chi connectivity index (χ3n) is 1.64. The lowest BCUT2D eigenvalue weighted by Crippen LogP contribution is -1.82. The summed E-state index contributed by atoms with van der Waals surface area (Å²) in [5.41, 5.74) is 0.836. The number of halogens is 2. The van der Waals surface area contributed by atoms with E-state index >= 15 is 0 Å². The van der Waals surface area contributed by atoms with Crippen LogP contribution in [-0.2, 0) is 0 Å². The van der Waals surface area contributed by atoms with Gasteiger partial charge in [0.05, 0.1) is 6.20 Å². The third kappa shape index (κ3) is 1.72. The Bertz CT molecular complexity index is 414. The Kier molecular flexibility index (Phi) is 2.30. The summed E-state index contributed by atoms with van der Waals surface area (Å²) in [6.07, 6.45) is 2.95. The number of nitrogens with zero attached hydrogens (tertiary/aromatic N) is 1. The van der Waals surface area contributed by atoms with Crippen LogP contribution in [0.2, 0.25) is 0 Å². The molecule has 0 aliphatic rings. The van der Waals surface area contributed by atoms with Crippen molar-refractivity contribution < 1.29 is 8.81 Å². The Morgan fingerprint density at radius 2 is 2.23 bits per heavy atom. The van der Waals surface area contributed by atoms with E-state index in [4.69, 9.17) is 4.42 Å². The van der Waals surface area contributed by atoms with Crippen molar-refractivity contribution in [2.24, 2.45) is 0 Å². The molecule has 2 aromatic rings. The molecule has 0 radical (unpaired) electrons. The van der Waals surface area contributed by atoms with E-state index in [-0.39, 0.29) is 5.82 Å². The predicted molar refractivity (Wildman–Crippen MR) is 54.6 cm³/mol. The molecule has 1 aromatic heterocycles. The molecule has 0 N–H and O–H groups in total. The van der Waals surface area contributed by atoms with Gasteiger partial charge in [-0.15, -0.1) is 0 Å². The molecule has 1 aromatic carbocycles. The van der Waals surface area contributed by atoms with E-state index in [2.05, 4.69) is 4.98 Å². The SMILES string of the molecule is Fc1ccc(-c2cnco2)cc1I. The number of hydrogen-bond acceptors (Lipinski definition) is 2. The van der Waals surface area contributed by atoms with Crippen molar-refractivity contribution in [2.45, 2.75) is 0 Å². The number of oxazole rings is 1. The van der Waals surface area contributed by atoms with Crippen LogP contribution < -0.4 is 0 Å². The largest absolute Gasteiger partial charge is 0.444 e. The van der Waals surface area contributed by atoms with Gasteiger partial charge in [0.2, 0.25) is 0 Å². The first kappa shape index (κ1) is 8.68. The summed E-state index contributed by atoms with van der Waals surface area (Å²) in [6.45, 7) is 0. The highest BCUT2D eigenvalue weighted by atomic mass is 127. The first-order chi connectivity index (χ1) is 6.27. The molecule has 4 heteroatoms. The molecule has 0 amide bonds. The first-order valence-corrected chi connectivity index (χ1v) is 4.69. The van der Waals surface area contributed by atoms with Gasteiger partial charge >= 0.3 is 0 Å². The number of aromatic nitrogens is 1. The maximum Gasteiger partial charge on any atom is 0.181 e. The Morgan fingerprint density at radius 1 is 1.38 bits per heavy atom. The topological polar surface area (TPSA) is 26.0 Å². The molecule has 0 unspecified atom stereocenters. The zero-order chi connectivity index (χ0) is 9.26. The fourth-order valence-corrected chi connectivity index (χ4v) is 1.52. The van der Waals surface area contributed by atoms with Crippen LogP contribution >= 0.6 is 22.6 Å². The van der Waals surface area contributed by atoms with Gasteiger partial charge in [-0.3, -0.25) is 0 Å². The van der Waals surface area contributed by atoms with Gasteiger partial charge in [-0.05, 0) is 40.8 Å². The average Bonchev–Trinajstić information content (AvgIpc) is 2.62. The minimum Gasteiger partial charge on any atom is -0.444 e. The summed E-state index contributed by atoms with van der Waals surface area (Å²) in [4.78, 5) is 3.79. The minimum absolute atomic E-state index is 0.219. The molecule has 0 saturated carbocycles. The smallest absolute Gasteiger partial charge is 0.181 e. The lowest BCUT2D eigenvalue weighted by Gasteiger charge is -1.97. The standard InChI is InChI=1S/C9H5FINO/c10-7-2-1-6(3-8(7)11)9-4-12-5-13-9/h1-5H. The van der Waals surface area contributed by atoms with Gasteiger partial charge in [-0.1, -0.05) is 0 Å². The molecule has 0 fully saturated rings. The lowest BCUT2D eigenvalue weighted by molar-refractivity contribution is 0.571. The molecule has 13 heavy (non-hydrogen) atoms. The maximum atomic E-state index is 12.9. The van der Waals surface area contributed by atoms with Crippen molar-refractivity contribution in [1.82, 2.24) is 4.98 Å². The molecule has 66 valence electrons. The van der Waals surface area contributed by atoms with E-state index < -0.39 is 0 Å². The molecule has 0 saturated heterocycles. The van der Waals surface area contributed by atoms with Crippen LogP contribution in [0.25, 0.3) is 11.3 Å². The average molecular weight is 289 g/mol. The first-order valence-electron chi connectivity index (χ1n) is 3.61. The van der Waals surface area contributed by atoms with Crippen LogP contribution in [-0.4, -0.2) is 4.98 Å². The molecule has 2 nitrogen and oxygen atoms in total. The minimum atomic E-state index is -0.219. The maximum absolute atomic E-state index is 12.9. The van der Waals surface area contributed by atoms with Crippen LogP contribution in [0.4, 0.5) is 4.39 Å². The molecule has 0 aliphatic heterocycles. The summed E-state index contributed by atoms with van der Waals surface area (Å²) in [5.74, 6) is 0.432. The highest BCUT2D eigenvalue weighted by Gasteiger charge is 2.04. The molecule has 0 spiro atoms. The van der Waals surface area contributed by atoms with Gasteiger partial charge < -0.3 is 4.42 Å². The van der Waals surface area contributed by atoms with Crippen molar-refractivity contribution in [2.75, 3.05) is 0 Å². The van der Waals surface area contributed by atoms with Crippen LogP contribution in [0.15, 0.2) is 35.2 Å². The monoisotopic (exact) mass is 289 g/mol. The van der Waals surface area contributed by atoms with E-state index in [9.17, 15) is 4.39 Å². The van der Waals surface area contributed by atoms with Gasteiger partial charge in [-0.25, -0.2) is 9.37 Å². The van der Waals surface area contributed by atoms with E-state index in [1.807, 2.05) is 22.6 Å². The van der Waals surface area contributed by atoms with E-state index in [1.165, 1.54) is 12.5 Å². The van der Waals surface area contributed by atoms with Crippen molar-refractivity contribution in [3.8, 4) is 11.3 Å². The molecular formula is C9H5FINO. The number of rotatable bonds is 1. The van der Waals surface area contributed by atoms with Gasteiger partial charge in [0.1, 0.15) is 5.82 Å². The summed E-state index contributed by atoms with van der Waals surface area (Å²) in [7, 11) is 0. The molecular weight excluding hydrogens is 284 g/mol. The summed E-state index contributed by atoms with van der Waals surface area (Å²) in [6, 6.07) is 4.80. The van der Waals surface area contributed by atoms with Crippen molar-refractivity contribution in [3.05, 3.63) is 40.2 Å². The second kappa shape index (κ2) is 3.45. The van der Waals surface area contributed by atoms with Gasteiger partial charge in [0, 0.05) is 9.13 Å². The summed E-state index contributed by atoms with van der Waals surface area (Å²) >= 11 is 1.94. The van der Waals surface area contributed by atoms with Gasteiger partial charge in [-0.2, -0.15) is 0 Å². The van der Waals surface area contributed by atoms with Crippen LogP contribution in [0.1, 0.15) is 0 Å². The molecule has 2 rings (SSSR count). The number of benzene rings is 1. The normalized spacial score (nSPS) is 10.3. The van der Waals surface area contributed by atoms with E-state index in [0.717, 1.165) is 5.56 Å². The van der Waals surface area contributed by atoms with Crippen LogP contribution in [0, 0.1) is 9.39 Å². The fraction of sp³-hybridized carbons (Fsp3) is 0. The Balaban J connectivity index is 2.49. The van der Waals surface area contributed by atoms with Crippen LogP contribution in [0.5, 0.6) is 0 Å². The lowest BCUT2D eigenvalue weighted by atomic mass is 10.2. The zero-order valence-corrected chi connectivity index (χ0v) is 8.66. The van der Waals surface area contributed by atoms with Gasteiger partial charge in [0.25, 0.3) is 0 Å². The van der Waals surface area contributed by atoms with Gasteiger partial charge in [0.15, 0.2) is 12.2 Å². The van der Waals surface area contributed by atoms with E-state index in [0.29, 0.717) is 9.33 Å². The Labute approximate surface area is 87.9 Å². The summed E-state index contributed by atoms with van der Waals surface area (Å²) in [5, 5.41) is 0. The zero-order valence-electron chi connectivity index (χ0n) is 6.50. The van der Waals surface area contributed by atoms with Crippen molar-refractivity contribution in [1.29, 1.82) is 0 Å². The number of hydrogen-bond donors (Lipinski definition) is 0. The quantitative estimate of drug-likeness (QED) is 0.754. The highest BCUT2D eigenvalue weighted by molar-refractivity contribution is 14.1. The second-order valence-corrected chi connectivity index (χ2v) is 3.66. The fourth-order valence-electron chi connectivity index (χ4n) is 1.01. The second-order valence-electron chi connectivity index (χ2n) is 2.49. The highest BCUT2D eigenvalue weighted by Crippen LogP contribution is 2.22. The third-order valence-corrected chi connectivity index (χ3v) is 2.46. The summed E-state index contributed by atoms with van der Waals surface area (Å²) < 4.78 is 18.5. The molecule has 0 bridgehead atoms. The molecule has 0 atom stereocenters. The van der Waals surface area contributed by atoms with Crippen LogP contribution in [0.3, 0.4) is 0 Å². The van der Waals surface area contributed by atoms with E-state index in [1.54, 1.807) is 18.3 Å². The van der Waals surface area contributed by atoms with Crippen molar-refractivity contribution >= 4 is 22.6 Å². The Hall–Kier alpha value is -0.910. The Morgan fingerprint density at radius 3 is 2.85 bits per heavy atom. The van der Waals surface area contributed by atoms with Crippen molar-refractivity contribution in [3.63, 3.8) is 0 Å². The molecule has 0 aliphatic carbocycles. The predicted octanol–water partition coefficient (Wildman–Crippen LogP) is 3.09.